The van der Waals surface area contributed by atoms with Crippen LogP contribution in [0.1, 0.15) is 38.8 Å². The van der Waals surface area contributed by atoms with Gasteiger partial charge < -0.3 is 15.5 Å². The second-order valence-electron chi connectivity index (χ2n) is 6.04. The van der Waals surface area contributed by atoms with Gasteiger partial charge in [0.05, 0.1) is 0 Å². The van der Waals surface area contributed by atoms with Gasteiger partial charge >= 0.3 is 6.09 Å². The lowest BCUT2D eigenvalue weighted by molar-refractivity contribution is 0.0635. The predicted octanol–water partition coefficient (Wildman–Crippen LogP) is 3.54. The summed E-state index contributed by atoms with van der Waals surface area (Å²) in [5.74, 6) is 0.691. The van der Waals surface area contributed by atoms with Crippen LogP contribution in [0.25, 0.3) is 10.9 Å². The monoisotopic (exact) mass is 289 g/mol. The van der Waals surface area contributed by atoms with Gasteiger partial charge in [-0.2, -0.15) is 0 Å². The van der Waals surface area contributed by atoms with Gasteiger partial charge in [-0.25, -0.2) is 4.79 Å². The summed E-state index contributed by atoms with van der Waals surface area (Å²) in [5.41, 5.74) is 8.28. The largest absolute Gasteiger partial charge is 0.444 e. The Labute approximate surface area is 124 Å². The zero-order valence-electron chi connectivity index (χ0n) is 13.0. The molecule has 0 fully saturated rings. The molecule has 0 unspecified atom stereocenters. The maximum Gasteiger partial charge on any atom is 0.413 e. The standard InChI is InChI=1S/C16H23N3O2/c1-5-11-12-8-10(9-17)6-7-13(12)18-14(11)19-15(20)21-16(2,3)4/h6-8,18H,5,9,17H2,1-4H3,(H,19,20). The minimum atomic E-state index is -0.519. The Kier molecular flexibility index (Phi) is 4.23. The fourth-order valence-electron chi connectivity index (χ4n) is 2.30. The van der Waals surface area contributed by atoms with Crippen LogP contribution in [0, 0.1) is 0 Å². The Hall–Kier alpha value is -2.01. The molecule has 2 aromatic rings. The summed E-state index contributed by atoms with van der Waals surface area (Å²) in [6, 6.07) is 6.03. The summed E-state index contributed by atoms with van der Waals surface area (Å²) in [6.45, 7) is 8.07. The number of carbonyl (C=O) groups excluding carboxylic acids is 1. The molecule has 4 N–H and O–H groups in total. The Morgan fingerprint density at radius 2 is 2.10 bits per heavy atom. The molecular weight excluding hydrogens is 266 g/mol. The van der Waals surface area contributed by atoms with E-state index >= 15 is 0 Å². The van der Waals surface area contributed by atoms with E-state index in [0.29, 0.717) is 12.4 Å². The highest BCUT2D eigenvalue weighted by molar-refractivity contribution is 5.94. The fourth-order valence-corrected chi connectivity index (χ4v) is 2.30. The summed E-state index contributed by atoms with van der Waals surface area (Å²) in [6.07, 6.45) is 0.349. The summed E-state index contributed by atoms with van der Waals surface area (Å²) in [4.78, 5) is 15.2. The maximum absolute atomic E-state index is 11.9. The topological polar surface area (TPSA) is 80.1 Å². The lowest BCUT2D eigenvalue weighted by Crippen LogP contribution is -2.27. The Morgan fingerprint density at radius 3 is 2.67 bits per heavy atom. The number of H-pyrrole nitrogens is 1. The third-order valence-electron chi connectivity index (χ3n) is 3.19. The predicted molar refractivity (Wildman–Crippen MR) is 85.4 cm³/mol. The number of hydrogen-bond donors (Lipinski definition) is 3. The number of hydrogen-bond acceptors (Lipinski definition) is 3. The molecule has 21 heavy (non-hydrogen) atoms. The molecular formula is C16H23N3O2. The number of anilines is 1. The zero-order chi connectivity index (χ0) is 15.6. The smallest absolute Gasteiger partial charge is 0.413 e. The van der Waals surface area contributed by atoms with Crippen LogP contribution in [0.3, 0.4) is 0 Å². The molecule has 0 aliphatic rings. The first-order chi connectivity index (χ1) is 9.84. The molecule has 1 amide bonds. The second kappa shape index (κ2) is 5.77. The van der Waals surface area contributed by atoms with E-state index in [0.717, 1.165) is 28.5 Å². The molecule has 0 bridgehead atoms. The lowest BCUT2D eigenvalue weighted by atomic mass is 10.1. The van der Waals surface area contributed by atoms with E-state index in [1.807, 2.05) is 32.9 Å². The first-order valence-corrected chi connectivity index (χ1v) is 7.17. The average molecular weight is 289 g/mol. The van der Waals surface area contributed by atoms with E-state index in [2.05, 4.69) is 23.3 Å². The van der Waals surface area contributed by atoms with E-state index < -0.39 is 11.7 Å². The number of carbonyl (C=O) groups is 1. The quantitative estimate of drug-likeness (QED) is 0.808. The van der Waals surface area contributed by atoms with Crippen molar-refractivity contribution in [1.82, 2.24) is 4.98 Å². The van der Waals surface area contributed by atoms with Crippen molar-refractivity contribution < 1.29 is 9.53 Å². The Balaban J connectivity index is 2.33. The first kappa shape index (κ1) is 15.4. The SMILES string of the molecule is CCc1c(NC(=O)OC(C)(C)C)[nH]c2ccc(CN)cc12. The lowest BCUT2D eigenvalue weighted by Gasteiger charge is -2.19. The van der Waals surface area contributed by atoms with Crippen LogP contribution in [0.4, 0.5) is 10.6 Å². The van der Waals surface area contributed by atoms with Gasteiger partial charge in [0.2, 0.25) is 0 Å². The number of nitrogens with one attached hydrogen (secondary N) is 2. The minimum Gasteiger partial charge on any atom is -0.444 e. The molecule has 0 aliphatic heterocycles. The van der Waals surface area contributed by atoms with Crippen molar-refractivity contribution in [3.63, 3.8) is 0 Å². The molecule has 2 rings (SSSR count). The van der Waals surface area contributed by atoms with Gasteiger partial charge in [0, 0.05) is 23.0 Å². The van der Waals surface area contributed by atoms with Crippen LogP contribution in [0.2, 0.25) is 0 Å². The Bertz CT molecular complexity index is 653. The second-order valence-corrected chi connectivity index (χ2v) is 6.04. The van der Waals surface area contributed by atoms with Gasteiger partial charge in [-0.05, 0) is 44.9 Å². The number of aromatic amines is 1. The number of fused-ring (bicyclic) bond motifs is 1. The molecule has 1 heterocycles. The number of aryl methyl sites for hydroxylation is 1. The molecule has 0 radical (unpaired) electrons. The van der Waals surface area contributed by atoms with Gasteiger partial charge in [0.1, 0.15) is 11.4 Å². The van der Waals surface area contributed by atoms with Gasteiger partial charge in [0.25, 0.3) is 0 Å². The molecule has 0 spiro atoms. The van der Waals surface area contributed by atoms with Crippen molar-refractivity contribution in [3.05, 3.63) is 29.3 Å². The molecule has 0 atom stereocenters. The third-order valence-corrected chi connectivity index (χ3v) is 3.19. The number of amides is 1. The van der Waals surface area contributed by atoms with Crippen molar-refractivity contribution in [3.8, 4) is 0 Å². The number of aromatic nitrogens is 1. The van der Waals surface area contributed by atoms with Crippen molar-refractivity contribution in [2.24, 2.45) is 5.73 Å². The minimum absolute atomic E-state index is 0.456. The molecule has 5 nitrogen and oxygen atoms in total. The molecule has 0 saturated heterocycles. The summed E-state index contributed by atoms with van der Waals surface area (Å²) in [5, 5.41) is 3.89. The molecule has 5 heteroatoms. The van der Waals surface area contributed by atoms with E-state index in [4.69, 9.17) is 10.5 Å². The number of nitrogens with two attached hydrogens (primary N) is 1. The van der Waals surface area contributed by atoms with Crippen molar-refractivity contribution in [2.75, 3.05) is 5.32 Å². The van der Waals surface area contributed by atoms with E-state index in [1.54, 1.807) is 0 Å². The molecule has 1 aromatic carbocycles. The molecule has 0 aliphatic carbocycles. The van der Waals surface area contributed by atoms with Crippen LogP contribution in [0.5, 0.6) is 0 Å². The van der Waals surface area contributed by atoms with Gasteiger partial charge in [-0.15, -0.1) is 0 Å². The van der Waals surface area contributed by atoms with Gasteiger partial charge in [-0.3, -0.25) is 5.32 Å². The molecule has 1 aromatic heterocycles. The highest BCUT2D eigenvalue weighted by Crippen LogP contribution is 2.28. The van der Waals surface area contributed by atoms with Crippen molar-refractivity contribution in [2.45, 2.75) is 46.3 Å². The number of benzene rings is 1. The van der Waals surface area contributed by atoms with E-state index in [1.165, 1.54) is 0 Å². The first-order valence-electron chi connectivity index (χ1n) is 7.17. The number of ether oxygens (including phenoxy) is 1. The van der Waals surface area contributed by atoms with Crippen LogP contribution >= 0.6 is 0 Å². The van der Waals surface area contributed by atoms with Gasteiger partial charge in [0.15, 0.2) is 0 Å². The highest BCUT2D eigenvalue weighted by Gasteiger charge is 2.18. The maximum atomic E-state index is 11.9. The van der Waals surface area contributed by atoms with Crippen LogP contribution in [-0.2, 0) is 17.7 Å². The van der Waals surface area contributed by atoms with E-state index in [9.17, 15) is 4.79 Å². The Morgan fingerprint density at radius 1 is 1.38 bits per heavy atom. The summed E-state index contributed by atoms with van der Waals surface area (Å²) in [7, 11) is 0. The average Bonchev–Trinajstić information content (AvgIpc) is 2.72. The number of rotatable bonds is 3. The van der Waals surface area contributed by atoms with Crippen LogP contribution in [-0.4, -0.2) is 16.7 Å². The van der Waals surface area contributed by atoms with Crippen molar-refractivity contribution in [1.29, 1.82) is 0 Å². The normalized spacial score (nSPS) is 11.7. The zero-order valence-corrected chi connectivity index (χ0v) is 13.0. The summed E-state index contributed by atoms with van der Waals surface area (Å²) >= 11 is 0. The molecule has 0 saturated carbocycles. The van der Waals surface area contributed by atoms with Crippen molar-refractivity contribution >= 4 is 22.8 Å². The third kappa shape index (κ3) is 3.55. The van der Waals surface area contributed by atoms with E-state index in [-0.39, 0.29) is 0 Å². The van der Waals surface area contributed by atoms with Crippen LogP contribution in [0.15, 0.2) is 18.2 Å². The fraction of sp³-hybridized carbons (Fsp3) is 0.438. The molecule has 114 valence electrons. The van der Waals surface area contributed by atoms with Gasteiger partial charge in [-0.1, -0.05) is 13.0 Å². The highest BCUT2D eigenvalue weighted by atomic mass is 16.6. The summed E-state index contributed by atoms with van der Waals surface area (Å²) < 4.78 is 5.29. The van der Waals surface area contributed by atoms with Crippen LogP contribution < -0.4 is 11.1 Å².